The largest absolute Gasteiger partial charge is 0.497 e. The van der Waals surface area contributed by atoms with E-state index in [1.165, 1.54) is 0 Å². The fourth-order valence-corrected chi connectivity index (χ4v) is 2.74. The van der Waals surface area contributed by atoms with Crippen molar-refractivity contribution in [3.63, 3.8) is 0 Å². The molecule has 3 aromatic rings. The predicted octanol–water partition coefficient (Wildman–Crippen LogP) is 4.82. The summed E-state index contributed by atoms with van der Waals surface area (Å²) in [5.74, 6) is 1.65. The van der Waals surface area contributed by atoms with Gasteiger partial charge in [-0.05, 0) is 51.8 Å². The van der Waals surface area contributed by atoms with Crippen LogP contribution in [0.1, 0.15) is 5.56 Å². The number of nitrogen functional groups attached to an aromatic ring is 1. The topological polar surface area (TPSA) is 57.4 Å². The number of rotatable bonds is 4. The molecule has 0 radical (unpaired) electrons. The lowest BCUT2D eigenvalue weighted by Crippen LogP contribution is -2.01. The third-order valence-corrected chi connectivity index (χ3v) is 4.73. The van der Waals surface area contributed by atoms with Crippen LogP contribution in [0.25, 0.3) is 10.9 Å². The highest BCUT2D eigenvalue weighted by Crippen LogP contribution is 2.34. The van der Waals surface area contributed by atoms with Gasteiger partial charge in [0.2, 0.25) is 0 Å². The number of aromatic nitrogens is 1. The molecule has 0 unspecified atom stereocenters. The van der Waals surface area contributed by atoms with Gasteiger partial charge in [0.1, 0.15) is 12.4 Å². The third kappa shape index (κ3) is 3.35. The van der Waals surface area contributed by atoms with Gasteiger partial charge in [0.05, 0.1) is 17.6 Å². The van der Waals surface area contributed by atoms with E-state index in [-0.39, 0.29) is 0 Å². The zero-order valence-electron chi connectivity index (χ0n) is 12.3. The molecule has 0 aliphatic rings. The quantitative estimate of drug-likeness (QED) is 0.690. The van der Waals surface area contributed by atoms with Crippen molar-refractivity contribution in [1.82, 2.24) is 4.98 Å². The van der Waals surface area contributed by atoms with E-state index in [0.29, 0.717) is 23.2 Å². The number of nitrogens with two attached hydrogens (primary N) is 1. The summed E-state index contributed by atoms with van der Waals surface area (Å²) in [5, 5.41) is 1.38. The molecular weight excluding hydrogens is 380 g/mol. The zero-order chi connectivity index (χ0) is 16.4. The summed E-state index contributed by atoms with van der Waals surface area (Å²) in [5.41, 5.74) is 7.71. The average molecular weight is 394 g/mol. The number of hydrogen-bond acceptors (Lipinski definition) is 4. The molecule has 3 rings (SSSR count). The summed E-state index contributed by atoms with van der Waals surface area (Å²) in [6, 6.07) is 13.2. The molecule has 6 heteroatoms. The molecule has 0 bridgehead atoms. The van der Waals surface area contributed by atoms with E-state index in [1.54, 1.807) is 7.11 Å². The van der Waals surface area contributed by atoms with Crippen LogP contribution in [-0.4, -0.2) is 12.1 Å². The molecule has 0 amide bonds. The van der Waals surface area contributed by atoms with Crippen LogP contribution in [0, 0.1) is 0 Å². The van der Waals surface area contributed by atoms with Gasteiger partial charge in [0.25, 0.3) is 0 Å². The molecule has 0 atom stereocenters. The molecule has 1 aromatic heterocycles. The zero-order valence-corrected chi connectivity index (χ0v) is 14.7. The Bertz CT molecular complexity index is 853. The van der Waals surface area contributed by atoms with Crippen LogP contribution in [0.2, 0.25) is 5.02 Å². The van der Waals surface area contributed by atoms with Crippen molar-refractivity contribution in [3.8, 4) is 11.5 Å². The fourth-order valence-electron chi connectivity index (χ4n) is 2.18. The van der Waals surface area contributed by atoms with Crippen molar-refractivity contribution in [2.24, 2.45) is 0 Å². The third-order valence-electron chi connectivity index (χ3n) is 3.43. The summed E-state index contributed by atoms with van der Waals surface area (Å²) >= 11 is 9.71. The van der Waals surface area contributed by atoms with Crippen molar-refractivity contribution in [2.75, 3.05) is 12.8 Å². The van der Waals surface area contributed by atoms with Crippen molar-refractivity contribution >= 4 is 44.3 Å². The second-order valence-corrected chi connectivity index (χ2v) is 6.17. The molecule has 0 aliphatic carbocycles. The SMILES string of the molecule is COc1ccc(COc2cc3c(Cl)c(Br)ccc3nc2N)cc1. The van der Waals surface area contributed by atoms with Crippen LogP contribution in [0.15, 0.2) is 46.9 Å². The molecule has 23 heavy (non-hydrogen) atoms. The molecule has 2 N–H and O–H groups in total. The van der Waals surface area contributed by atoms with Crippen LogP contribution in [0.3, 0.4) is 0 Å². The van der Waals surface area contributed by atoms with Crippen LogP contribution < -0.4 is 15.2 Å². The monoisotopic (exact) mass is 392 g/mol. The standard InChI is InChI=1S/C17H14BrClN2O2/c1-22-11-4-2-10(3-5-11)9-23-15-8-12-14(21-17(15)20)7-6-13(18)16(12)19/h2-8H,9H2,1H3,(H2,20,21). The van der Waals surface area contributed by atoms with Gasteiger partial charge in [-0.15, -0.1) is 0 Å². The Kier molecular flexibility index (Phi) is 4.59. The van der Waals surface area contributed by atoms with Gasteiger partial charge >= 0.3 is 0 Å². The van der Waals surface area contributed by atoms with Gasteiger partial charge in [-0.1, -0.05) is 23.7 Å². The van der Waals surface area contributed by atoms with Gasteiger partial charge in [-0.3, -0.25) is 0 Å². The Hall–Kier alpha value is -1.98. The molecule has 2 aromatic carbocycles. The van der Waals surface area contributed by atoms with Crippen LogP contribution in [0.5, 0.6) is 11.5 Å². The van der Waals surface area contributed by atoms with E-state index in [0.717, 1.165) is 26.7 Å². The number of anilines is 1. The minimum atomic E-state index is 0.337. The molecule has 0 spiro atoms. The van der Waals surface area contributed by atoms with E-state index >= 15 is 0 Å². The van der Waals surface area contributed by atoms with E-state index in [2.05, 4.69) is 20.9 Å². The summed E-state index contributed by atoms with van der Waals surface area (Å²) in [7, 11) is 1.63. The van der Waals surface area contributed by atoms with Crippen molar-refractivity contribution in [3.05, 3.63) is 57.5 Å². The number of nitrogens with zero attached hydrogens (tertiary/aromatic N) is 1. The molecule has 0 aliphatic heterocycles. The second kappa shape index (κ2) is 6.64. The van der Waals surface area contributed by atoms with Crippen LogP contribution >= 0.6 is 27.5 Å². The van der Waals surface area contributed by atoms with Crippen molar-refractivity contribution < 1.29 is 9.47 Å². The number of pyridine rings is 1. The lowest BCUT2D eigenvalue weighted by molar-refractivity contribution is 0.307. The molecule has 0 saturated heterocycles. The molecule has 0 saturated carbocycles. The lowest BCUT2D eigenvalue weighted by atomic mass is 10.2. The highest BCUT2D eigenvalue weighted by Gasteiger charge is 2.10. The Morgan fingerprint density at radius 2 is 1.91 bits per heavy atom. The summed E-state index contributed by atoms with van der Waals surface area (Å²) in [6.45, 7) is 0.382. The van der Waals surface area contributed by atoms with Crippen molar-refractivity contribution in [1.29, 1.82) is 0 Å². The maximum atomic E-state index is 6.30. The smallest absolute Gasteiger partial charge is 0.166 e. The number of ether oxygens (including phenoxy) is 2. The Balaban J connectivity index is 1.87. The van der Waals surface area contributed by atoms with Crippen LogP contribution in [-0.2, 0) is 6.61 Å². The van der Waals surface area contributed by atoms with E-state index in [9.17, 15) is 0 Å². The Morgan fingerprint density at radius 1 is 1.17 bits per heavy atom. The Morgan fingerprint density at radius 3 is 2.61 bits per heavy atom. The number of methoxy groups -OCH3 is 1. The average Bonchev–Trinajstić information content (AvgIpc) is 2.57. The second-order valence-electron chi connectivity index (χ2n) is 4.94. The molecule has 1 heterocycles. The predicted molar refractivity (Wildman–Crippen MR) is 96.2 cm³/mol. The van der Waals surface area contributed by atoms with Gasteiger partial charge in [0.15, 0.2) is 11.6 Å². The van der Waals surface area contributed by atoms with Gasteiger partial charge in [-0.2, -0.15) is 0 Å². The van der Waals surface area contributed by atoms with Gasteiger partial charge in [-0.25, -0.2) is 4.98 Å². The van der Waals surface area contributed by atoms with E-state index in [1.807, 2.05) is 42.5 Å². The minimum Gasteiger partial charge on any atom is -0.497 e. The highest BCUT2D eigenvalue weighted by molar-refractivity contribution is 9.10. The first-order chi connectivity index (χ1) is 11.1. The molecule has 0 fully saturated rings. The number of fused-ring (bicyclic) bond motifs is 1. The minimum absolute atomic E-state index is 0.337. The van der Waals surface area contributed by atoms with Gasteiger partial charge < -0.3 is 15.2 Å². The van der Waals surface area contributed by atoms with E-state index in [4.69, 9.17) is 26.8 Å². The lowest BCUT2D eigenvalue weighted by Gasteiger charge is -2.11. The first-order valence-electron chi connectivity index (χ1n) is 6.88. The molecule has 4 nitrogen and oxygen atoms in total. The maximum Gasteiger partial charge on any atom is 0.166 e. The number of benzene rings is 2. The maximum absolute atomic E-state index is 6.30. The number of halogens is 2. The Labute approximate surface area is 147 Å². The van der Waals surface area contributed by atoms with E-state index < -0.39 is 0 Å². The van der Waals surface area contributed by atoms with Crippen LogP contribution in [0.4, 0.5) is 5.82 Å². The first-order valence-corrected chi connectivity index (χ1v) is 8.05. The van der Waals surface area contributed by atoms with Gasteiger partial charge in [0, 0.05) is 9.86 Å². The fraction of sp³-hybridized carbons (Fsp3) is 0.118. The highest BCUT2D eigenvalue weighted by atomic mass is 79.9. The van der Waals surface area contributed by atoms with Crippen molar-refractivity contribution in [2.45, 2.75) is 6.61 Å². The summed E-state index contributed by atoms with van der Waals surface area (Å²) in [4.78, 5) is 4.34. The summed E-state index contributed by atoms with van der Waals surface area (Å²) < 4.78 is 11.7. The summed E-state index contributed by atoms with van der Waals surface area (Å²) in [6.07, 6.45) is 0. The molecule has 118 valence electrons. The molecular formula is C17H14BrClN2O2. The number of hydrogen-bond donors (Lipinski definition) is 1. The normalized spacial score (nSPS) is 10.7. The first kappa shape index (κ1) is 15.9.